The van der Waals surface area contributed by atoms with Crippen LogP contribution in [0.3, 0.4) is 0 Å². The van der Waals surface area contributed by atoms with Gasteiger partial charge in [-0.15, -0.1) is 0 Å². The third kappa shape index (κ3) is 6.57. The van der Waals surface area contributed by atoms with Crippen molar-refractivity contribution in [3.05, 3.63) is 52.0 Å². The Hall–Kier alpha value is -2.39. The van der Waals surface area contributed by atoms with Crippen LogP contribution in [0.1, 0.15) is 16.8 Å². The minimum absolute atomic E-state index is 0.0169. The van der Waals surface area contributed by atoms with Gasteiger partial charge in [-0.2, -0.15) is 17.6 Å². The van der Waals surface area contributed by atoms with Gasteiger partial charge in [0.25, 0.3) is 0 Å². The number of phenolic OH excluding ortho intramolecular Hbond substituents is 1. The summed E-state index contributed by atoms with van der Waals surface area (Å²) in [6.45, 7) is 0.0703. The molecule has 2 aromatic carbocycles. The van der Waals surface area contributed by atoms with Gasteiger partial charge in [0.2, 0.25) is 0 Å². The maximum Gasteiger partial charge on any atom is 0.461 e. The summed E-state index contributed by atoms with van der Waals surface area (Å²) < 4.78 is 64.1. The SMILES string of the molecule is O=C(OCCCOc1c(Cl)cc(O)cc1Cl)c1ccc(OC(F)(F)C(F)F)cc1. The minimum atomic E-state index is -4.63. The summed E-state index contributed by atoms with van der Waals surface area (Å²) in [6, 6.07) is 6.62. The van der Waals surface area contributed by atoms with Crippen LogP contribution in [0.4, 0.5) is 17.6 Å². The second-order valence-corrected chi connectivity index (χ2v) is 6.38. The lowest BCUT2D eigenvalue weighted by Gasteiger charge is -2.16. The lowest BCUT2D eigenvalue weighted by molar-refractivity contribution is -0.253. The molecule has 29 heavy (non-hydrogen) atoms. The molecule has 0 atom stereocenters. The van der Waals surface area contributed by atoms with Crippen LogP contribution in [0.15, 0.2) is 36.4 Å². The molecule has 0 heterocycles. The predicted molar refractivity (Wildman–Crippen MR) is 96.5 cm³/mol. The normalized spacial score (nSPS) is 11.4. The van der Waals surface area contributed by atoms with E-state index in [0.717, 1.165) is 24.3 Å². The summed E-state index contributed by atoms with van der Waals surface area (Å²) in [5, 5.41) is 9.57. The summed E-state index contributed by atoms with van der Waals surface area (Å²) in [7, 11) is 0. The van der Waals surface area contributed by atoms with Crippen LogP contribution in [0.2, 0.25) is 10.0 Å². The second kappa shape index (κ2) is 9.89. The second-order valence-electron chi connectivity index (χ2n) is 5.57. The number of alkyl halides is 4. The van der Waals surface area contributed by atoms with E-state index in [-0.39, 0.29) is 46.7 Å². The summed E-state index contributed by atoms with van der Waals surface area (Å²) in [5.74, 6) is -1.22. The molecule has 0 aliphatic carbocycles. The molecule has 0 amide bonds. The number of benzene rings is 2. The van der Waals surface area contributed by atoms with E-state index in [1.807, 2.05) is 0 Å². The van der Waals surface area contributed by atoms with Crippen LogP contribution in [-0.2, 0) is 4.74 Å². The molecule has 0 aromatic heterocycles. The number of esters is 1. The van der Waals surface area contributed by atoms with Gasteiger partial charge >= 0.3 is 18.5 Å². The van der Waals surface area contributed by atoms with Crippen LogP contribution in [0.5, 0.6) is 17.2 Å². The molecular weight excluding hydrogens is 443 g/mol. The van der Waals surface area contributed by atoms with Crippen molar-refractivity contribution in [2.75, 3.05) is 13.2 Å². The van der Waals surface area contributed by atoms with E-state index in [0.29, 0.717) is 0 Å². The van der Waals surface area contributed by atoms with Crippen LogP contribution in [0.25, 0.3) is 0 Å². The highest BCUT2D eigenvalue weighted by Gasteiger charge is 2.43. The zero-order valence-electron chi connectivity index (χ0n) is 14.5. The van der Waals surface area contributed by atoms with Crippen LogP contribution >= 0.6 is 23.2 Å². The third-order valence-corrected chi connectivity index (χ3v) is 3.91. The van der Waals surface area contributed by atoms with Gasteiger partial charge < -0.3 is 19.3 Å². The first-order chi connectivity index (χ1) is 13.6. The van der Waals surface area contributed by atoms with Crippen LogP contribution < -0.4 is 9.47 Å². The fourth-order valence-electron chi connectivity index (χ4n) is 2.03. The zero-order valence-corrected chi connectivity index (χ0v) is 16.0. The van der Waals surface area contributed by atoms with E-state index in [9.17, 15) is 27.5 Å². The van der Waals surface area contributed by atoms with E-state index in [1.54, 1.807) is 0 Å². The maximum absolute atomic E-state index is 12.8. The van der Waals surface area contributed by atoms with E-state index in [4.69, 9.17) is 32.7 Å². The van der Waals surface area contributed by atoms with Crippen molar-refractivity contribution in [2.45, 2.75) is 19.0 Å². The lowest BCUT2D eigenvalue weighted by atomic mass is 10.2. The number of ether oxygens (including phenoxy) is 3. The molecule has 1 N–H and O–H groups in total. The molecule has 158 valence electrons. The molecule has 0 aliphatic heterocycles. The van der Waals surface area contributed by atoms with E-state index in [2.05, 4.69) is 4.74 Å². The molecular formula is C18H14Cl2F4O5. The first kappa shape index (κ1) is 22.9. The lowest BCUT2D eigenvalue weighted by Crippen LogP contribution is -2.33. The first-order valence-electron chi connectivity index (χ1n) is 8.03. The Labute approximate surface area is 172 Å². The average molecular weight is 457 g/mol. The van der Waals surface area contributed by atoms with Gasteiger partial charge in [-0.25, -0.2) is 4.79 Å². The zero-order chi connectivity index (χ0) is 21.6. The van der Waals surface area contributed by atoms with Gasteiger partial charge in [0, 0.05) is 18.6 Å². The molecule has 0 aliphatic rings. The Morgan fingerprint density at radius 1 is 1.07 bits per heavy atom. The van der Waals surface area contributed by atoms with Crippen molar-refractivity contribution in [2.24, 2.45) is 0 Å². The van der Waals surface area contributed by atoms with Crippen molar-refractivity contribution < 1.29 is 41.7 Å². The molecule has 2 rings (SSSR count). The van der Waals surface area contributed by atoms with E-state index in [1.165, 1.54) is 12.1 Å². The third-order valence-electron chi connectivity index (χ3n) is 3.35. The van der Waals surface area contributed by atoms with Gasteiger partial charge in [0.15, 0.2) is 5.75 Å². The minimum Gasteiger partial charge on any atom is -0.508 e. The molecule has 0 spiro atoms. The average Bonchev–Trinajstić information content (AvgIpc) is 2.63. The van der Waals surface area contributed by atoms with Crippen LogP contribution in [0, 0.1) is 0 Å². The molecule has 0 saturated carbocycles. The monoisotopic (exact) mass is 456 g/mol. The van der Waals surface area contributed by atoms with E-state index >= 15 is 0 Å². The Kier molecular flexibility index (Phi) is 7.80. The fraction of sp³-hybridized carbons (Fsp3) is 0.278. The Bertz CT molecular complexity index is 824. The quantitative estimate of drug-likeness (QED) is 0.304. The van der Waals surface area contributed by atoms with Crippen molar-refractivity contribution >= 4 is 29.2 Å². The molecule has 0 radical (unpaired) electrons. The molecule has 5 nitrogen and oxygen atoms in total. The largest absolute Gasteiger partial charge is 0.508 e. The summed E-state index contributed by atoms with van der Waals surface area (Å²) in [5.41, 5.74) is 0.0169. The van der Waals surface area contributed by atoms with Gasteiger partial charge in [-0.3, -0.25) is 0 Å². The number of phenols is 1. The molecule has 0 fully saturated rings. The number of hydrogen-bond donors (Lipinski definition) is 1. The molecule has 0 bridgehead atoms. The topological polar surface area (TPSA) is 65.0 Å². The maximum atomic E-state index is 12.8. The number of rotatable bonds is 9. The Balaban J connectivity index is 1.78. The van der Waals surface area contributed by atoms with Crippen molar-refractivity contribution in [1.29, 1.82) is 0 Å². The molecule has 0 saturated heterocycles. The number of carbonyl (C=O) groups is 1. The highest BCUT2D eigenvalue weighted by atomic mass is 35.5. The number of hydrogen-bond acceptors (Lipinski definition) is 5. The van der Waals surface area contributed by atoms with Gasteiger partial charge in [0.05, 0.1) is 28.8 Å². The summed E-state index contributed by atoms with van der Waals surface area (Å²) in [4.78, 5) is 11.9. The highest BCUT2D eigenvalue weighted by Crippen LogP contribution is 2.36. The smallest absolute Gasteiger partial charge is 0.461 e. The highest BCUT2D eigenvalue weighted by molar-refractivity contribution is 6.37. The molecule has 11 heteroatoms. The number of carbonyl (C=O) groups excluding carboxylic acids is 1. The predicted octanol–water partition coefficient (Wildman–Crippen LogP) is 5.56. The summed E-state index contributed by atoms with van der Waals surface area (Å²) >= 11 is 11.8. The summed E-state index contributed by atoms with van der Waals surface area (Å²) in [6.07, 6.45) is -8.34. The Morgan fingerprint density at radius 3 is 2.21 bits per heavy atom. The fourth-order valence-corrected chi connectivity index (χ4v) is 2.61. The van der Waals surface area contributed by atoms with Gasteiger partial charge in [0.1, 0.15) is 11.5 Å². The Morgan fingerprint density at radius 2 is 1.66 bits per heavy atom. The van der Waals surface area contributed by atoms with Crippen LogP contribution in [-0.4, -0.2) is 36.8 Å². The van der Waals surface area contributed by atoms with E-state index < -0.39 is 24.3 Å². The number of aromatic hydroxyl groups is 1. The molecule has 2 aromatic rings. The van der Waals surface area contributed by atoms with Crippen molar-refractivity contribution in [1.82, 2.24) is 0 Å². The standard InChI is InChI=1S/C18H14Cl2F4O5/c19-13-8-11(25)9-14(20)15(13)27-6-1-7-28-16(26)10-2-4-12(5-3-10)29-18(23,24)17(21)22/h2-5,8-9,17,25H,1,6-7H2. The van der Waals surface area contributed by atoms with Gasteiger partial charge in [-0.1, -0.05) is 23.2 Å². The van der Waals surface area contributed by atoms with Crippen molar-refractivity contribution in [3.63, 3.8) is 0 Å². The van der Waals surface area contributed by atoms with Gasteiger partial charge in [-0.05, 0) is 24.3 Å². The molecule has 0 unspecified atom stereocenters. The van der Waals surface area contributed by atoms with Crippen molar-refractivity contribution in [3.8, 4) is 17.2 Å². The number of halogens is 6. The first-order valence-corrected chi connectivity index (χ1v) is 8.78.